The maximum Gasteiger partial charge on any atom is 0.328 e. The second-order valence-electron chi connectivity index (χ2n) is 4.20. The van der Waals surface area contributed by atoms with Crippen molar-refractivity contribution in [3.05, 3.63) is 25.3 Å². The van der Waals surface area contributed by atoms with Crippen LogP contribution in [0.4, 0.5) is 4.79 Å². The van der Waals surface area contributed by atoms with E-state index in [0.717, 1.165) is 19.3 Å². The lowest BCUT2D eigenvalue weighted by Crippen LogP contribution is -2.37. The molecule has 4 heteroatoms. The molecular weight excluding hydrogens is 204 g/mol. The predicted octanol–water partition coefficient (Wildman–Crippen LogP) is 1.54. The number of urea groups is 1. The van der Waals surface area contributed by atoms with Gasteiger partial charge in [0.15, 0.2) is 0 Å². The molecule has 2 fully saturated rings. The first kappa shape index (κ1) is 10.9. The minimum atomic E-state index is -0.239. The Bertz CT molecular complexity index is 351. The highest BCUT2D eigenvalue weighted by molar-refractivity contribution is 6.04. The molecule has 2 rings (SSSR count). The van der Waals surface area contributed by atoms with E-state index in [4.69, 9.17) is 0 Å². The Kier molecular flexibility index (Phi) is 2.81. The molecule has 2 atom stereocenters. The largest absolute Gasteiger partial charge is 0.328 e. The predicted molar refractivity (Wildman–Crippen MR) is 60.8 cm³/mol. The van der Waals surface area contributed by atoms with E-state index < -0.39 is 0 Å². The van der Waals surface area contributed by atoms with Crippen molar-refractivity contribution in [2.24, 2.45) is 0 Å². The van der Waals surface area contributed by atoms with Gasteiger partial charge in [0.2, 0.25) is 0 Å². The topological polar surface area (TPSA) is 40.6 Å². The van der Waals surface area contributed by atoms with E-state index in [2.05, 4.69) is 13.2 Å². The third-order valence-electron chi connectivity index (χ3n) is 3.26. The molecule has 0 saturated carbocycles. The molecule has 86 valence electrons. The summed E-state index contributed by atoms with van der Waals surface area (Å²) in [5.74, 6) is -0.0727. The van der Waals surface area contributed by atoms with Gasteiger partial charge in [-0.1, -0.05) is 12.2 Å². The van der Waals surface area contributed by atoms with Gasteiger partial charge >= 0.3 is 6.03 Å². The highest BCUT2D eigenvalue weighted by atomic mass is 16.2. The third-order valence-corrected chi connectivity index (χ3v) is 3.26. The van der Waals surface area contributed by atoms with Crippen molar-refractivity contribution in [2.45, 2.75) is 31.3 Å². The SMILES string of the molecule is C=CC[C@@H]1CCC2C(=O)N(CC=C)C(=O)N21. The van der Waals surface area contributed by atoms with E-state index >= 15 is 0 Å². The first-order valence-corrected chi connectivity index (χ1v) is 5.56. The van der Waals surface area contributed by atoms with Gasteiger partial charge in [-0.25, -0.2) is 4.79 Å². The summed E-state index contributed by atoms with van der Waals surface area (Å²) in [5.41, 5.74) is 0. The van der Waals surface area contributed by atoms with Crippen LogP contribution < -0.4 is 0 Å². The average Bonchev–Trinajstić information content (AvgIpc) is 2.76. The van der Waals surface area contributed by atoms with Crippen LogP contribution in [-0.2, 0) is 4.79 Å². The molecule has 3 amide bonds. The molecule has 0 radical (unpaired) electrons. The number of carbonyl (C=O) groups is 2. The monoisotopic (exact) mass is 220 g/mol. The second kappa shape index (κ2) is 4.12. The minimum Gasteiger partial charge on any atom is -0.309 e. The number of rotatable bonds is 4. The van der Waals surface area contributed by atoms with Crippen LogP contribution in [0.5, 0.6) is 0 Å². The Balaban J connectivity index is 2.19. The maximum atomic E-state index is 12.0. The zero-order chi connectivity index (χ0) is 11.7. The molecule has 1 unspecified atom stereocenters. The Hall–Kier alpha value is -1.58. The highest BCUT2D eigenvalue weighted by Crippen LogP contribution is 2.33. The standard InChI is InChI=1S/C12H16N2O2/c1-3-5-9-6-7-10-11(15)13(8-4-2)12(16)14(9)10/h3-4,9-10H,1-2,5-8H2/t9-,10?/m1/s1. The molecule has 0 bridgehead atoms. The lowest BCUT2D eigenvalue weighted by molar-refractivity contribution is -0.127. The van der Waals surface area contributed by atoms with Crippen molar-refractivity contribution in [1.29, 1.82) is 0 Å². The number of hydrogen-bond acceptors (Lipinski definition) is 2. The summed E-state index contributed by atoms with van der Waals surface area (Å²) < 4.78 is 0. The van der Waals surface area contributed by atoms with Crippen molar-refractivity contribution < 1.29 is 9.59 Å². The normalized spacial score (nSPS) is 28.5. The quantitative estimate of drug-likeness (QED) is 0.532. The molecule has 2 aliphatic heterocycles. The molecule has 2 aliphatic rings. The Morgan fingerprint density at radius 1 is 1.25 bits per heavy atom. The third kappa shape index (κ3) is 1.45. The van der Waals surface area contributed by atoms with Gasteiger partial charge in [-0.15, -0.1) is 13.2 Å². The summed E-state index contributed by atoms with van der Waals surface area (Å²) in [5, 5.41) is 0. The molecule has 16 heavy (non-hydrogen) atoms. The summed E-state index contributed by atoms with van der Waals surface area (Å²) >= 11 is 0. The van der Waals surface area contributed by atoms with Crippen molar-refractivity contribution in [3.8, 4) is 0 Å². The van der Waals surface area contributed by atoms with E-state index in [1.807, 2.05) is 0 Å². The van der Waals surface area contributed by atoms with E-state index in [0.29, 0.717) is 6.54 Å². The van der Waals surface area contributed by atoms with Crippen LogP contribution in [0.1, 0.15) is 19.3 Å². The zero-order valence-corrected chi connectivity index (χ0v) is 9.26. The van der Waals surface area contributed by atoms with Gasteiger partial charge in [0.05, 0.1) is 0 Å². The fourth-order valence-corrected chi connectivity index (χ4v) is 2.55. The molecule has 0 aromatic heterocycles. The van der Waals surface area contributed by atoms with E-state index in [1.54, 1.807) is 17.1 Å². The number of amides is 3. The van der Waals surface area contributed by atoms with Crippen molar-refractivity contribution in [1.82, 2.24) is 9.80 Å². The number of fused-ring (bicyclic) bond motifs is 1. The summed E-state index contributed by atoms with van der Waals surface area (Å²) in [6.07, 6.45) is 5.83. The van der Waals surface area contributed by atoms with Crippen molar-refractivity contribution in [3.63, 3.8) is 0 Å². The number of hydrogen-bond donors (Lipinski definition) is 0. The molecule has 0 aliphatic carbocycles. The Labute approximate surface area is 95.2 Å². The second-order valence-corrected chi connectivity index (χ2v) is 4.20. The Morgan fingerprint density at radius 2 is 2.00 bits per heavy atom. The number of carbonyl (C=O) groups excluding carboxylic acids is 2. The smallest absolute Gasteiger partial charge is 0.309 e. The number of imide groups is 1. The highest BCUT2D eigenvalue weighted by Gasteiger charge is 2.50. The fraction of sp³-hybridized carbons (Fsp3) is 0.500. The molecule has 4 nitrogen and oxygen atoms in total. The van der Waals surface area contributed by atoms with Crippen LogP contribution in [0, 0.1) is 0 Å². The lowest BCUT2D eigenvalue weighted by atomic mass is 10.1. The lowest BCUT2D eigenvalue weighted by Gasteiger charge is -2.21. The van der Waals surface area contributed by atoms with Gasteiger partial charge in [-0.05, 0) is 19.3 Å². The number of nitrogens with zero attached hydrogens (tertiary/aromatic N) is 2. The molecule has 2 heterocycles. The van der Waals surface area contributed by atoms with Gasteiger partial charge in [-0.3, -0.25) is 9.69 Å². The molecule has 2 saturated heterocycles. The fourth-order valence-electron chi connectivity index (χ4n) is 2.55. The average molecular weight is 220 g/mol. The van der Waals surface area contributed by atoms with Crippen molar-refractivity contribution >= 4 is 11.9 Å². The van der Waals surface area contributed by atoms with Crippen LogP contribution >= 0.6 is 0 Å². The van der Waals surface area contributed by atoms with E-state index in [9.17, 15) is 9.59 Å². The summed E-state index contributed by atoms with van der Waals surface area (Å²) in [6, 6.07) is -0.259. The van der Waals surface area contributed by atoms with Crippen molar-refractivity contribution in [2.75, 3.05) is 6.54 Å². The van der Waals surface area contributed by atoms with E-state index in [-0.39, 0.29) is 24.0 Å². The van der Waals surface area contributed by atoms with Crippen LogP contribution in [-0.4, -0.2) is 40.4 Å². The van der Waals surface area contributed by atoms with Gasteiger partial charge in [0.1, 0.15) is 6.04 Å². The maximum absolute atomic E-state index is 12.0. The first-order chi connectivity index (χ1) is 7.70. The molecular formula is C12H16N2O2. The van der Waals surface area contributed by atoms with E-state index in [1.165, 1.54) is 4.90 Å². The first-order valence-electron chi connectivity index (χ1n) is 5.56. The summed E-state index contributed by atoms with van der Waals surface area (Å²) in [4.78, 5) is 26.9. The van der Waals surface area contributed by atoms with Crippen LogP contribution in [0.2, 0.25) is 0 Å². The summed E-state index contributed by atoms with van der Waals surface area (Å²) in [6.45, 7) is 7.56. The summed E-state index contributed by atoms with van der Waals surface area (Å²) in [7, 11) is 0. The van der Waals surface area contributed by atoms with Gasteiger partial charge in [-0.2, -0.15) is 0 Å². The Morgan fingerprint density at radius 3 is 2.62 bits per heavy atom. The minimum absolute atomic E-state index is 0.0727. The molecule has 0 N–H and O–H groups in total. The van der Waals surface area contributed by atoms with Gasteiger partial charge < -0.3 is 4.90 Å². The van der Waals surface area contributed by atoms with Crippen LogP contribution in [0.3, 0.4) is 0 Å². The van der Waals surface area contributed by atoms with Gasteiger partial charge in [0.25, 0.3) is 5.91 Å². The van der Waals surface area contributed by atoms with Crippen LogP contribution in [0.15, 0.2) is 25.3 Å². The molecule has 0 aromatic rings. The molecule has 0 aromatic carbocycles. The molecule has 0 spiro atoms. The zero-order valence-electron chi connectivity index (χ0n) is 9.26. The van der Waals surface area contributed by atoms with Gasteiger partial charge in [0, 0.05) is 12.6 Å². The van der Waals surface area contributed by atoms with Crippen LogP contribution in [0.25, 0.3) is 0 Å².